The monoisotopic (exact) mass is 278 g/mol. The Morgan fingerprint density at radius 1 is 1.65 bits per heavy atom. The predicted octanol–water partition coefficient (Wildman–Crippen LogP) is 1.72. The van der Waals surface area contributed by atoms with Gasteiger partial charge in [-0.3, -0.25) is 0 Å². The molecule has 0 radical (unpaired) electrons. The van der Waals surface area contributed by atoms with E-state index in [0.717, 1.165) is 25.1 Å². The Morgan fingerprint density at radius 2 is 2.41 bits per heavy atom. The molecule has 5 nitrogen and oxygen atoms in total. The first-order chi connectivity index (χ1) is 8.02. The summed E-state index contributed by atoms with van der Waals surface area (Å²) < 4.78 is 29.8. The number of hydrogen-bond donors (Lipinski definition) is 0. The summed E-state index contributed by atoms with van der Waals surface area (Å²) in [6, 6.07) is 0.177. The van der Waals surface area contributed by atoms with Crippen LogP contribution in [0.5, 0.6) is 0 Å². The van der Waals surface area contributed by atoms with Crippen molar-refractivity contribution >= 4 is 19.7 Å². The van der Waals surface area contributed by atoms with E-state index in [4.69, 9.17) is 15.4 Å². The molecule has 2 heterocycles. The number of halogens is 1. The highest BCUT2D eigenvalue weighted by molar-refractivity contribution is 8.13. The topological polar surface area (TPSA) is 61.2 Å². The van der Waals surface area contributed by atoms with E-state index in [0.29, 0.717) is 13.2 Å². The van der Waals surface area contributed by atoms with E-state index in [9.17, 15) is 8.42 Å². The van der Waals surface area contributed by atoms with Gasteiger partial charge >= 0.3 is 0 Å². The van der Waals surface area contributed by atoms with Gasteiger partial charge < -0.3 is 9.30 Å². The second-order valence-corrected chi connectivity index (χ2v) is 6.62. The van der Waals surface area contributed by atoms with Gasteiger partial charge in [0.05, 0.1) is 12.6 Å². The molecule has 0 amide bonds. The standard InChI is InChI=1S/C10H15ClN2O3S/c1-2-3-9-12-10(17(11,14)15)6-13(9)8-4-5-16-7-8/h6,8H,2-5,7H2,1H3. The van der Waals surface area contributed by atoms with Crippen molar-refractivity contribution in [2.45, 2.75) is 37.3 Å². The van der Waals surface area contributed by atoms with Crippen LogP contribution in [0, 0.1) is 0 Å². The highest BCUT2D eigenvalue weighted by atomic mass is 35.7. The van der Waals surface area contributed by atoms with Gasteiger partial charge in [-0.2, -0.15) is 0 Å². The van der Waals surface area contributed by atoms with Crippen LogP contribution in [-0.2, 0) is 20.2 Å². The lowest BCUT2D eigenvalue weighted by atomic mass is 10.2. The third-order valence-electron chi connectivity index (χ3n) is 2.81. The molecular weight excluding hydrogens is 264 g/mol. The highest BCUT2D eigenvalue weighted by Crippen LogP contribution is 2.24. The Labute approximate surface area is 105 Å². The summed E-state index contributed by atoms with van der Waals surface area (Å²) in [7, 11) is 1.56. The van der Waals surface area contributed by atoms with Crippen molar-refractivity contribution in [1.82, 2.24) is 9.55 Å². The summed E-state index contributed by atoms with van der Waals surface area (Å²) in [6.07, 6.45) is 4.05. The summed E-state index contributed by atoms with van der Waals surface area (Å²) in [4.78, 5) is 4.10. The molecule has 0 spiro atoms. The van der Waals surface area contributed by atoms with Crippen LogP contribution >= 0.6 is 10.7 Å². The first-order valence-corrected chi connectivity index (χ1v) is 7.93. The van der Waals surface area contributed by atoms with Crippen LogP contribution in [0.3, 0.4) is 0 Å². The highest BCUT2D eigenvalue weighted by Gasteiger charge is 2.24. The van der Waals surface area contributed by atoms with Crippen molar-refractivity contribution in [3.8, 4) is 0 Å². The van der Waals surface area contributed by atoms with Gasteiger partial charge in [0.1, 0.15) is 5.82 Å². The van der Waals surface area contributed by atoms with Crippen LogP contribution in [0.25, 0.3) is 0 Å². The average Bonchev–Trinajstić information content (AvgIpc) is 2.83. The Kier molecular flexibility index (Phi) is 3.75. The average molecular weight is 279 g/mol. The van der Waals surface area contributed by atoms with Crippen LogP contribution in [0.2, 0.25) is 0 Å². The summed E-state index contributed by atoms with van der Waals surface area (Å²) in [5, 5.41) is -0.0606. The van der Waals surface area contributed by atoms with Gasteiger partial charge in [0.25, 0.3) is 9.05 Å². The van der Waals surface area contributed by atoms with E-state index in [1.165, 1.54) is 6.20 Å². The number of nitrogens with zero attached hydrogens (tertiary/aromatic N) is 2. The first-order valence-electron chi connectivity index (χ1n) is 5.62. The summed E-state index contributed by atoms with van der Waals surface area (Å²) in [5.74, 6) is 0.766. The number of ether oxygens (including phenoxy) is 1. The fourth-order valence-corrected chi connectivity index (χ4v) is 2.67. The predicted molar refractivity (Wildman–Crippen MR) is 63.7 cm³/mol. The zero-order valence-corrected chi connectivity index (χ0v) is 11.2. The van der Waals surface area contributed by atoms with E-state index in [2.05, 4.69) is 4.98 Å². The molecule has 1 fully saturated rings. The van der Waals surface area contributed by atoms with Gasteiger partial charge in [0, 0.05) is 29.9 Å². The lowest BCUT2D eigenvalue weighted by Gasteiger charge is -2.12. The SMILES string of the molecule is CCCc1nc(S(=O)(=O)Cl)cn1C1CCOC1. The van der Waals surface area contributed by atoms with Crippen LogP contribution < -0.4 is 0 Å². The second kappa shape index (κ2) is 4.96. The van der Waals surface area contributed by atoms with Crippen molar-refractivity contribution in [3.63, 3.8) is 0 Å². The van der Waals surface area contributed by atoms with Crippen LogP contribution in [-0.4, -0.2) is 31.2 Å². The van der Waals surface area contributed by atoms with Gasteiger partial charge in [0.15, 0.2) is 5.03 Å². The molecular formula is C10H15ClN2O3S. The maximum absolute atomic E-state index is 11.3. The number of hydrogen-bond acceptors (Lipinski definition) is 4. The van der Waals surface area contributed by atoms with Crippen LogP contribution in [0.15, 0.2) is 11.2 Å². The maximum Gasteiger partial charge on any atom is 0.280 e. The minimum Gasteiger partial charge on any atom is -0.379 e. The molecule has 0 bridgehead atoms. The first kappa shape index (κ1) is 12.9. The lowest BCUT2D eigenvalue weighted by molar-refractivity contribution is 0.186. The summed E-state index contributed by atoms with van der Waals surface area (Å²) >= 11 is 0. The fraction of sp³-hybridized carbons (Fsp3) is 0.700. The molecule has 1 saturated heterocycles. The Hall–Kier alpha value is -0.590. The number of aromatic nitrogens is 2. The van der Waals surface area contributed by atoms with E-state index in [-0.39, 0.29) is 11.1 Å². The van der Waals surface area contributed by atoms with Crippen molar-refractivity contribution in [1.29, 1.82) is 0 Å². The van der Waals surface area contributed by atoms with Crippen molar-refractivity contribution in [2.75, 3.05) is 13.2 Å². The molecule has 0 aromatic carbocycles. The van der Waals surface area contributed by atoms with E-state index in [1.807, 2.05) is 11.5 Å². The number of aryl methyl sites for hydroxylation is 1. The second-order valence-electron chi connectivity index (χ2n) is 4.11. The van der Waals surface area contributed by atoms with Gasteiger partial charge in [0.2, 0.25) is 0 Å². The quantitative estimate of drug-likeness (QED) is 0.787. The smallest absolute Gasteiger partial charge is 0.280 e. The van der Waals surface area contributed by atoms with E-state index < -0.39 is 9.05 Å². The van der Waals surface area contributed by atoms with Crippen molar-refractivity contribution < 1.29 is 13.2 Å². The van der Waals surface area contributed by atoms with E-state index in [1.54, 1.807) is 0 Å². The Morgan fingerprint density at radius 3 is 2.94 bits per heavy atom. The zero-order valence-electron chi connectivity index (χ0n) is 9.60. The third-order valence-corrected chi connectivity index (χ3v) is 3.98. The third kappa shape index (κ3) is 2.81. The van der Waals surface area contributed by atoms with Gasteiger partial charge in [-0.05, 0) is 12.8 Å². The minimum atomic E-state index is -3.75. The molecule has 1 unspecified atom stereocenters. The Bertz CT molecular complexity index is 492. The number of rotatable bonds is 4. The van der Waals surface area contributed by atoms with E-state index >= 15 is 0 Å². The summed E-state index contributed by atoms with van der Waals surface area (Å²) in [6.45, 7) is 3.34. The fourth-order valence-electron chi connectivity index (χ4n) is 1.99. The molecule has 1 aliphatic rings. The van der Waals surface area contributed by atoms with Crippen LogP contribution in [0.4, 0.5) is 0 Å². The van der Waals surface area contributed by atoms with Crippen molar-refractivity contribution in [3.05, 3.63) is 12.0 Å². The normalized spacial score (nSPS) is 20.9. The van der Waals surface area contributed by atoms with Gasteiger partial charge in [-0.25, -0.2) is 13.4 Å². The molecule has 1 aromatic heterocycles. The van der Waals surface area contributed by atoms with Crippen LogP contribution in [0.1, 0.15) is 31.6 Å². The molecule has 1 aromatic rings. The largest absolute Gasteiger partial charge is 0.379 e. The molecule has 7 heteroatoms. The molecule has 2 rings (SSSR count). The zero-order chi connectivity index (χ0) is 12.5. The molecule has 17 heavy (non-hydrogen) atoms. The molecule has 1 atom stereocenters. The van der Waals surface area contributed by atoms with Gasteiger partial charge in [-0.15, -0.1) is 0 Å². The molecule has 0 N–H and O–H groups in total. The van der Waals surface area contributed by atoms with Gasteiger partial charge in [-0.1, -0.05) is 6.92 Å². The Balaban J connectivity index is 2.37. The minimum absolute atomic E-state index is 0.0606. The number of imidazole rings is 1. The maximum atomic E-state index is 11.3. The lowest BCUT2D eigenvalue weighted by Crippen LogP contribution is -2.11. The van der Waals surface area contributed by atoms with Crippen molar-refractivity contribution in [2.24, 2.45) is 0 Å². The molecule has 0 aliphatic carbocycles. The molecule has 0 saturated carbocycles. The molecule has 96 valence electrons. The molecule has 1 aliphatic heterocycles. The summed E-state index contributed by atoms with van der Waals surface area (Å²) in [5.41, 5.74) is 0.